The van der Waals surface area contributed by atoms with Gasteiger partial charge in [-0.15, -0.1) is 0 Å². The number of rotatable bonds is 1. The van der Waals surface area contributed by atoms with Crippen molar-refractivity contribution >= 4 is 17.7 Å². The molecule has 64 valence electrons. The zero-order valence-corrected chi connectivity index (χ0v) is 8.39. The van der Waals surface area contributed by atoms with Crippen molar-refractivity contribution < 1.29 is 4.21 Å². The van der Waals surface area contributed by atoms with Crippen LogP contribution in [0.25, 0.3) is 0 Å². The van der Waals surface area contributed by atoms with Gasteiger partial charge < -0.3 is 4.27 Å². The van der Waals surface area contributed by atoms with Gasteiger partial charge in [-0.3, -0.25) is 0 Å². The first-order valence-corrected chi connectivity index (χ1v) is 5.65. The van der Waals surface area contributed by atoms with Gasteiger partial charge in [0.15, 0.2) is 0 Å². The molecule has 0 radical (unpaired) electrons. The van der Waals surface area contributed by atoms with Crippen LogP contribution in [0.15, 0.2) is 33.4 Å². The van der Waals surface area contributed by atoms with E-state index >= 15 is 0 Å². The SMILES string of the molecule is BN=S(C)(=O)c1ccc(C)cc1. The maximum absolute atomic E-state index is 11.7. The fraction of sp³-hybridized carbons (Fsp3) is 0.250. The molecule has 0 aliphatic carbocycles. The Labute approximate surface area is 74.6 Å². The topological polar surface area (TPSA) is 29.4 Å². The lowest BCUT2D eigenvalue weighted by atomic mass is 10.2. The Kier molecular flexibility index (Phi) is 2.57. The standard InChI is InChI=1S/C8H12BNOS/c1-7-3-5-8(6-4-7)12(2,11)10-9/h3-6H,9H2,1-2H3. The number of aryl methyl sites for hydroxylation is 1. The summed E-state index contributed by atoms with van der Waals surface area (Å²) < 4.78 is 15.5. The van der Waals surface area contributed by atoms with E-state index in [-0.39, 0.29) is 0 Å². The Hall–Kier alpha value is -0.765. The van der Waals surface area contributed by atoms with Crippen LogP contribution in [0.2, 0.25) is 0 Å². The molecule has 1 rings (SSSR count). The van der Waals surface area contributed by atoms with Gasteiger partial charge in [-0.1, -0.05) is 17.7 Å². The summed E-state index contributed by atoms with van der Waals surface area (Å²) in [5.41, 5.74) is 1.17. The second-order valence-electron chi connectivity index (χ2n) is 2.80. The van der Waals surface area contributed by atoms with Gasteiger partial charge in [0.1, 0.15) is 0 Å². The first kappa shape index (κ1) is 9.32. The molecule has 1 unspecified atom stereocenters. The maximum atomic E-state index is 11.7. The highest BCUT2D eigenvalue weighted by molar-refractivity contribution is 7.93. The molecule has 0 aliphatic rings. The molecule has 0 aromatic heterocycles. The molecule has 0 N–H and O–H groups in total. The molecule has 0 saturated carbocycles. The Morgan fingerprint density at radius 2 is 1.83 bits per heavy atom. The summed E-state index contributed by atoms with van der Waals surface area (Å²) in [6.07, 6.45) is 1.65. The minimum absolute atomic E-state index is 0.801. The molecule has 2 nitrogen and oxygen atoms in total. The Bertz CT molecular complexity index is 377. The lowest BCUT2D eigenvalue weighted by Crippen LogP contribution is -1.96. The fourth-order valence-corrected chi connectivity index (χ4v) is 1.75. The van der Waals surface area contributed by atoms with Crippen molar-refractivity contribution in [3.05, 3.63) is 29.8 Å². The number of benzene rings is 1. The lowest BCUT2D eigenvalue weighted by Gasteiger charge is -2.02. The first-order valence-electron chi connectivity index (χ1n) is 3.73. The zero-order valence-electron chi connectivity index (χ0n) is 7.57. The minimum atomic E-state index is -2.14. The average Bonchev–Trinajstić information content (AvgIpc) is 2.05. The highest BCUT2D eigenvalue weighted by Gasteiger charge is 2.01. The molecule has 1 aromatic rings. The van der Waals surface area contributed by atoms with Crippen LogP contribution >= 0.6 is 0 Å². The Morgan fingerprint density at radius 1 is 1.33 bits per heavy atom. The Morgan fingerprint density at radius 3 is 2.25 bits per heavy atom. The van der Waals surface area contributed by atoms with E-state index in [0.717, 1.165) is 4.90 Å². The van der Waals surface area contributed by atoms with Crippen LogP contribution in [0.5, 0.6) is 0 Å². The molecule has 1 aromatic carbocycles. The zero-order chi connectivity index (χ0) is 9.19. The molecule has 1 atom stereocenters. The largest absolute Gasteiger partial charge is 0.304 e. The van der Waals surface area contributed by atoms with E-state index in [0.29, 0.717) is 0 Å². The van der Waals surface area contributed by atoms with E-state index in [2.05, 4.69) is 4.27 Å². The minimum Gasteiger partial charge on any atom is -0.304 e. The van der Waals surface area contributed by atoms with E-state index in [1.165, 1.54) is 5.56 Å². The van der Waals surface area contributed by atoms with Gasteiger partial charge >= 0.3 is 0 Å². The highest BCUT2D eigenvalue weighted by Crippen LogP contribution is 2.11. The highest BCUT2D eigenvalue weighted by atomic mass is 32.2. The average molecular weight is 181 g/mol. The molecule has 0 amide bonds. The van der Waals surface area contributed by atoms with Gasteiger partial charge in [-0.05, 0) is 19.1 Å². The van der Waals surface area contributed by atoms with Crippen LogP contribution < -0.4 is 0 Å². The van der Waals surface area contributed by atoms with Gasteiger partial charge in [-0.2, -0.15) is 0 Å². The Balaban J connectivity index is 3.24. The molecular weight excluding hydrogens is 169 g/mol. The molecule has 0 spiro atoms. The van der Waals surface area contributed by atoms with Gasteiger partial charge in [-0.25, -0.2) is 4.21 Å². The number of hydrogen-bond donors (Lipinski definition) is 0. The van der Waals surface area contributed by atoms with Crippen LogP contribution in [-0.2, 0) is 9.73 Å². The van der Waals surface area contributed by atoms with Crippen LogP contribution in [0.1, 0.15) is 5.56 Å². The van der Waals surface area contributed by atoms with E-state index in [1.54, 1.807) is 14.2 Å². The van der Waals surface area contributed by atoms with Crippen LogP contribution in [-0.4, -0.2) is 18.4 Å². The smallest absolute Gasteiger partial charge is 0.257 e. The summed E-state index contributed by atoms with van der Waals surface area (Å²) in [5, 5.41) is 0. The van der Waals surface area contributed by atoms with Crippen molar-refractivity contribution in [2.24, 2.45) is 4.27 Å². The lowest BCUT2D eigenvalue weighted by molar-refractivity contribution is 0.681. The number of hydrogen-bond acceptors (Lipinski definition) is 2. The van der Waals surface area contributed by atoms with Crippen LogP contribution in [0.4, 0.5) is 0 Å². The molecule has 12 heavy (non-hydrogen) atoms. The monoisotopic (exact) mass is 181 g/mol. The van der Waals surface area contributed by atoms with Crippen LogP contribution in [0, 0.1) is 6.92 Å². The number of nitrogens with zero attached hydrogens (tertiary/aromatic N) is 1. The molecule has 0 aliphatic heterocycles. The summed E-state index contributed by atoms with van der Waals surface area (Å²) in [7, 11) is -0.554. The van der Waals surface area contributed by atoms with Gasteiger partial charge in [0, 0.05) is 11.2 Å². The molecule has 4 heteroatoms. The molecule has 0 fully saturated rings. The third-order valence-corrected chi connectivity index (χ3v) is 3.65. The van der Waals surface area contributed by atoms with E-state index in [4.69, 9.17) is 0 Å². The summed E-state index contributed by atoms with van der Waals surface area (Å²) in [6.45, 7) is 2.00. The molecular formula is C8H12BNOS. The van der Waals surface area contributed by atoms with Gasteiger partial charge in [0.05, 0.1) is 9.73 Å². The first-order chi connectivity index (χ1) is 5.56. The summed E-state index contributed by atoms with van der Waals surface area (Å²) in [5.74, 6) is 0. The van der Waals surface area contributed by atoms with Crippen molar-refractivity contribution in [2.75, 3.05) is 6.26 Å². The van der Waals surface area contributed by atoms with Crippen molar-refractivity contribution in [2.45, 2.75) is 11.8 Å². The summed E-state index contributed by atoms with van der Waals surface area (Å²) in [6, 6.07) is 7.63. The van der Waals surface area contributed by atoms with E-state index in [9.17, 15) is 4.21 Å². The quantitative estimate of drug-likeness (QED) is 0.594. The van der Waals surface area contributed by atoms with E-state index in [1.807, 2.05) is 31.2 Å². The third-order valence-electron chi connectivity index (χ3n) is 1.81. The van der Waals surface area contributed by atoms with Crippen molar-refractivity contribution in [3.8, 4) is 0 Å². The summed E-state index contributed by atoms with van der Waals surface area (Å²) in [4.78, 5) is 0.801. The van der Waals surface area contributed by atoms with E-state index < -0.39 is 9.73 Å². The van der Waals surface area contributed by atoms with Gasteiger partial charge in [0.25, 0.3) is 7.98 Å². The fourth-order valence-electron chi connectivity index (χ4n) is 0.896. The molecule has 0 bridgehead atoms. The predicted molar refractivity (Wildman–Crippen MR) is 54.5 cm³/mol. The van der Waals surface area contributed by atoms with Crippen molar-refractivity contribution in [1.82, 2.24) is 0 Å². The summed E-state index contributed by atoms with van der Waals surface area (Å²) >= 11 is 0. The van der Waals surface area contributed by atoms with Crippen LogP contribution in [0.3, 0.4) is 0 Å². The van der Waals surface area contributed by atoms with Crippen molar-refractivity contribution in [3.63, 3.8) is 0 Å². The second kappa shape index (κ2) is 3.31. The molecule has 0 heterocycles. The van der Waals surface area contributed by atoms with Gasteiger partial charge in [0.2, 0.25) is 0 Å². The molecule has 0 saturated heterocycles. The third kappa shape index (κ3) is 1.88. The second-order valence-corrected chi connectivity index (χ2v) is 5.24. The predicted octanol–water partition coefficient (Wildman–Crippen LogP) is 1.000. The normalized spacial score (nSPS) is 15.2. The van der Waals surface area contributed by atoms with Crippen molar-refractivity contribution in [1.29, 1.82) is 0 Å². The maximum Gasteiger partial charge on any atom is 0.257 e.